The van der Waals surface area contributed by atoms with Crippen LogP contribution < -0.4 is 10.5 Å². The lowest BCUT2D eigenvalue weighted by atomic mass is 9.77. The summed E-state index contributed by atoms with van der Waals surface area (Å²) in [5.74, 6) is -1.32. The molecule has 1 aromatic carbocycles. The zero-order chi connectivity index (χ0) is 22.6. The standard InChI is InChI=1S/C20H30N2O6S/c1-19(2,3)14(11-29-7)16(21)18(24)27-15-10-12(22(25)26)8-9-13(15)17(23)28-20(4,5)6/h8-10,14,16H,11,21H2,1-7H3. The van der Waals surface area contributed by atoms with Crippen molar-refractivity contribution in [1.82, 2.24) is 0 Å². The van der Waals surface area contributed by atoms with Gasteiger partial charge in [0.15, 0.2) is 5.75 Å². The summed E-state index contributed by atoms with van der Waals surface area (Å²) in [6.45, 7) is 11.0. The van der Waals surface area contributed by atoms with Crippen LogP contribution in [-0.4, -0.2) is 40.5 Å². The lowest BCUT2D eigenvalue weighted by Crippen LogP contribution is -2.47. The lowest BCUT2D eigenvalue weighted by Gasteiger charge is -2.33. The van der Waals surface area contributed by atoms with Crippen LogP contribution in [0, 0.1) is 21.4 Å². The van der Waals surface area contributed by atoms with Crippen LogP contribution in [0.25, 0.3) is 0 Å². The Hall–Kier alpha value is -2.13. The summed E-state index contributed by atoms with van der Waals surface area (Å²) in [6, 6.07) is 2.43. The van der Waals surface area contributed by atoms with Crippen molar-refractivity contribution in [3.05, 3.63) is 33.9 Å². The number of non-ortho nitro benzene ring substituents is 1. The van der Waals surface area contributed by atoms with Crippen LogP contribution >= 0.6 is 11.8 Å². The first-order valence-electron chi connectivity index (χ1n) is 9.15. The maximum atomic E-state index is 12.7. The fourth-order valence-electron chi connectivity index (χ4n) is 2.62. The number of carbonyl (C=O) groups excluding carboxylic acids is 2. The predicted molar refractivity (Wildman–Crippen MR) is 113 cm³/mol. The highest BCUT2D eigenvalue weighted by molar-refractivity contribution is 7.98. The smallest absolute Gasteiger partial charge is 0.342 e. The second-order valence-electron chi connectivity index (χ2n) is 8.81. The SMILES string of the molecule is CSCC(C(N)C(=O)Oc1cc([N+](=O)[O-])ccc1C(=O)OC(C)(C)C)C(C)(C)C. The molecule has 1 rings (SSSR count). The monoisotopic (exact) mass is 426 g/mol. The largest absolute Gasteiger partial charge is 0.456 e. The number of esters is 2. The quantitative estimate of drug-likeness (QED) is 0.302. The number of nitrogens with zero attached hydrogens (tertiary/aromatic N) is 1. The van der Waals surface area contributed by atoms with Crippen LogP contribution in [-0.2, 0) is 9.53 Å². The van der Waals surface area contributed by atoms with E-state index in [9.17, 15) is 19.7 Å². The van der Waals surface area contributed by atoms with Gasteiger partial charge < -0.3 is 15.2 Å². The predicted octanol–water partition coefficient (Wildman–Crippen LogP) is 3.81. The number of ether oxygens (including phenoxy) is 2. The van der Waals surface area contributed by atoms with Crippen molar-refractivity contribution in [2.75, 3.05) is 12.0 Å². The second kappa shape index (κ2) is 9.58. The zero-order valence-electron chi connectivity index (χ0n) is 18.0. The van der Waals surface area contributed by atoms with E-state index in [4.69, 9.17) is 15.2 Å². The normalized spacial score (nSPS) is 14.1. The molecule has 2 N–H and O–H groups in total. The van der Waals surface area contributed by atoms with E-state index >= 15 is 0 Å². The second-order valence-corrected chi connectivity index (χ2v) is 9.72. The third-order valence-electron chi connectivity index (χ3n) is 4.17. The summed E-state index contributed by atoms with van der Waals surface area (Å²) in [7, 11) is 0. The number of hydrogen-bond acceptors (Lipinski definition) is 8. The molecule has 8 nitrogen and oxygen atoms in total. The molecule has 0 aromatic heterocycles. The van der Waals surface area contributed by atoms with E-state index < -0.39 is 28.5 Å². The van der Waals surface area contributed by atoms with Gasteiger partial charge in [-0.25, -0.2) is 9.59 Å². The van der Waals surface area contributed by atoms with Crippen LogP contribution in [0.1, 0.15) is 51.9 Å². The number of nitro benzene ring substituents is 1. The molecule has 2 unspecified atom stereocenters. The van der Waals surface area contributed by atoms with Crippen molar-refractivity contribution >= 4 is 29.4 Å². The minimum atomic E-state index is -0.965. The Bertz CT molecular complexity index is 767. The molecule has 9 heteroatoms. The van der Waals surface area contributed by atoms with Gasteiger partial charge in [-0.15, -0.1) is 0 Å². The van der Waals surface area contributed by atoms with E-state index in [2.05, 4.69) is 0 Å². The molecule has 0 bridgehead atoms. The van der Waals surface area contributed by atoms with E-state index in [-0.39, 0.29) is 28.3 Å². The van der Waals surface area contributed by atoms with Gasteiger partial charge in [-0.1, -0.05) is 20.8 Å². The topological polar surface area (TPSA) is 122 Å². The van der Waals surface area contributed by atoms with Crippen LogP contribution in [0.15, 0.2) is 18.2 Å². The molecule has 2 atom stereocenters. The molecule has 1 aromatic rings. The Morgan fingerprint density at radius 2 is 1.79 bits per heavy atom. The Morgan fingerprint density at radius 1 is 1.21 bits per heavy atom. The highest BCUT2D eigenvalue weighted by Gasteiger charge is 2.36. The lowest BCUT2D eigenvalue weighted by molar-refractivity contribution is -0.384. The van der Waals surface area contributed by atoms with Gasteiger partial charge in [0.1, 0.15) is 17.2 Å². The van der Waals surface area contributed by atoms with Gasteiger partial charge >= 0.3 is 11.9 Å². The molecular formula is C20H30N2O6S. The number of benzene rings is 1. The van der Waals surface area contributed by atoms with Gasteiger partial charge in [-0.2, -0.15) is 11.8 Å². The van der Waals surface area contributed by atoms with E-state index in [1.807, 2.05) is 27.0 Å². The summed E-state index contributed by atoms with van der Waals surface area (Å²) in [5, 5.41) is 11.1. The maximum Gasteiger partial charge on any atom is 0.342 e. The van der Waals surface area contributed by atoms with Crippen molar-refractivity contribution in [2.24, 2.45) is 17.1 Å². The number of rotatable bonds is 7. The minimum Gasteiger partial charge on any atom is -0.456 e. The minimum absolute atomic E-state index is 0.0803. The first-order valence-corrected chi connectivity index (χ1v) is 10.5. The molecule has 0 aliphatic heterocycles. The number of nitrogens with two attached hydrogens (primary N) is 1. The highest BCUT2D eigenvalue weighted by Crippen LogP contribution is 2.32. The molecule has 0 radical (unpaired) electrons. The van der Waals surface area contributed by atoms with Crippen molar-refractivity contribution in [2.45, 2.75) is 53.2 Å². The fourth-order valence-corrected chi connectivity index (χ4v) is 3.69. The number of carbonyl (C=O) groups is 2. The van der Waals surface area contributed by atoms with E-state index in [0.29, 0.717) is 5.75 Å². The van der Waals surface area contributed by atoms with Gasteiger partial charge in [0.2, 0.25) is 0 Å². The molecule has 0 amide bonds. The maximum absolute atomic E-state index is 12.7. The molecule has 162 valence electrons. The van der Waals surface area contributed by atoms with Crippen molar-refractivity contribution in [3.8, 4) is 5.75 Å². The molecule has 0 fully saturated rings. The Kier molecular flexibility index (Phi) is 8.23. The summed E-state index contributed by atoms with van der Waals surface area (Å²) >= 11 is 1.56. The molecule has 0 spiro atoms. The fraction of sp³-hybridized carbons (Fsp3) is 0.600. The molecule has 0 saturated carbocycles. The van der Waals surface area contributed by atoms with Crippen LogP contribution in [0.3, 0.4) is 0 Å². The number of nitro groups is 1. The Balaban J connectivity index is 3.26. The van der Waals surface area contributed by atoms with E-state index in [1.54, 1.807) is 32.5 Å². The van der Waals surface area contributed by atoms with Crippen molar-refractivity contribution in [3.63, 3.8) is 0 Å². The van der Waals surface area contributed by atoms with Gasteiger partial charge in [0.05, 0.1) is 11.0 Å². The average molecular weight is 427 g/mol. The first kappa shape index (κ1) is 24.9. The van der Waals surface area contributed by atoms with Crippen molar-refractivity contribution in [1.29, 1.82) is 0 Å². The molecule has 29 heavy (non-hydrogen) atoms. The van der Waals surface area contributed by atoms with Gasteiger partial charge in [-0.3, -0.25) is 10.1 Å². The van der Waals surface area contributed by atoms with Gasteiger partial charge in [0.25, 0.3) is 5.69 Å². The summed E-state index contributed by atoms with van der Waals surface area (Å²) in [5.41, 5.74) is 4.72. The highest BCUT2D eigenvalue weighted by atomic mass is 32.2. The number of hydrogen-bond donors (Lipinski definition) is 1. The number of thioether (sulfide) groups is 1. The van der Waals surface area contributed by atoms with Crippen molar-refractivity contribution < 1.29 is 24.0 Å². The summed E-state index contributed by atoms with van der Waals surface area (Å²) in [4.78, 5) is 35.7. The van der Waals surface area contributed by atoms with Crippen LogP contribution in [0.2, 0.25) is 0 Å². The van der Waals surface area contributed by atoms with Gasteiger partial charge in [-0.05, 0) is 50.2 Å². The third kappa shape index (κ3) is 7.32. The van der Waals surface area contributed by atoms with Crippen LogP contribution in [0.4, 0.5) is 5.69 Å². The summed E-state index contributed by atoms with van der Waals surface area (Å²) in [6.07, 6.45) is 1.91. The molecule has 0 saturated heterocycles. The molecule has 0 heterocycles. The molecule has 0 aliphatic rings. The molecule has 0 aliphatic carbocycles. The third-order valence-corrected chi connectivity index (χ3v) is 4.86. The first-order chi connectivity index (χ1) is 13.2. The molecular weight excluding hydrogens is 396 g/mol. The van der Waals surface area contributed by atoms with Gasteiger partial charge in [0, 0.05) is 6.07 Å². The zero-order valence-corrected chi connectivity index (χ0v) is 18.8. The van der Waals surface area contributed by atoms with E-state index in [0.717, 1.165) is 12.1 Å². The average Bonchev–Trinajstić information content (AvgIpc) is 2.56. The Morgan fingerprint density at radius 3 is 2.24 bits per heavy atom. The summed E-state index contributed by atoms with van der Waals surface area (Å²) < 4.78 is 10.7. The van der Waals surface area contributed by atoms with Crippen LogP contribution in [0.5, 0.6) is 5.75 Å². The Labute approximate surface area is 175 Å². The van der Waals surface area contributed by atoms with E-state index in [1.165, 1.54) is 6.07 Å².